The van der Waals surface area contributed by atoms with Gasteiger partial charge in [-0.05, 0) is 36.8 Å². The van der Waals surface area contributed by atoms with Gasteiger partial charge in [0.1, 0.15) is 0 Å². The first-order valence-electron chi connectivity index (χ1n) is 6.41. The third kappa shape index (κ3) is 2.83. The zero-order valence-electron chi connectivity index (χ0n) is 11.3. The van der Waals surface area contributed by atoms with Gasteiger partial charge in [0.05, 0.1) is 5.52 Å². The van der Waals surface area contributed by atoms with Crippen LogP contribution in [0, 0.1) is 6.92 Å². The lowest BCUT2D eigenvalue weighted by Gasteiger charge is -2.07. The van der Waals surface area contributed by atoms with E-state index in [9.17, 15) is 4.79 Å². The maximum Gasteiger partial charge on any atom is 0.324 e. The molecule has 6 heteroatoms. The Balaban J connectivity index is 1.75. The van der Waals surface area contributed by atoms with E-state index >= 15 is 0 Å². The third-order valence-electron chi connectivity index (χ3n) is 3.13. The van der Waals surface area contributed by atoms with E-state index in [1.54, 1.807) is 12.1 Å². The molecule has 1 aromatic heterocycles. The van der Waals surface area contributed by atoms with Crippen molar-refractivity contribution in [1.29, 1.82) is 0 Å². The molecule has 0 aliphatic heterocycles. The summed E-state index contributed by atoms with van der Waals surface area (Å²) < 4.78 is 0. The average Bonchev–Trinajstić information content (AvgIpc) is 2.86. The van der Waals surface area contributed by atoms with Crippen molar-refractivity contribution in [3.8, 4) is 0 Å². The number of aryl methyl sites for hydroxylation is 1. The Labute approximate surface area is 126 Å². The highest BCUT2D eigenvalue weighted by Crippen LogP contribution is 2.22. The number of nitrogens with one attached hydrogen (secondary N) is 3. The summed E-state index contributed by atoms with van der Waals surface area (Å²) in [5.41, 5.74) is 2.45. The number of hydrogen-bond donors (Lipinski definition) is 3. The predicted molar refractivity (Wildman–Crippen MR) is 84.9 cm³/mol. The lowest BCUT2D eigenvalue weighted by Crippen LogP contribution is -2.19. The molecule has 0 aliphatic rings. The fourth-order valence-electron chi connectivity index (χ4n) is 2.00. The summed E-state index contributed by atoms with van der Waals surface area (Å²) in [5, 5.41) is 13.8. The number of rotatable bonds is 2. The fourth-order valence-corrected chi connectivity index (χ4v) is 2.18. The van der Waals surface area contributed by atoms with E-state index in [-0.39, 0.29) is 6.03 Å². The standard InChI is InChI=1S/C15H13ClN4O/c1-9-6-7-10(8-12(9)16)17-15(21)18-14-11-4-2-3-5-13(11)19-20-14/h2-8H,1H3,(H3,17,18,19,20,21). The van der Waals surface area contributed by atoms with Crippen LogP contribution in [0.25, 0.3) is 10.9 Å². The number of aromatic amines is 1. The number of amides is 2. The molecule has 0 saturated carbocycles. The van der Waals surface area contributed by atoms with Crippen LogP contribution in [0.4, 0.5) is 16.3 Å². The van der Waals surface area contributed by atoms with E-state index in [1.165, 1.54) is 0 Å². The smallest absolute Gasteiger partial charge is 0.308 e. The van der Waals surface area contributed by atoms with Crippen molar-refractivity contribution in [2.45, 2.75) is 6.92 Å². The minimum atomic E-state index is -0.368. The van der Waals surface area contributed by atoms with Gasteiger partial charge >= 0.3 is 6.03 Å². The molecule has 0 atom stereocenters. The molecule has 0 unspecified atom stereocenters. The Hall–Kier alpha value is -2.53. The average molecular weight is 301 g/mol. The molecule has 0 fully saturated rings. The highest BCUT2D eigenvalue weighted by atomic mass is 35.5. The van der Waals surface area contributed by atoms with Crippen molar-refractivity contribution < 1.29 is 4.79 Å². The van der Waals surface area contributed by atoms with Crippen molar-refractivity contribution in [3.63, 3.8) is 0 Å². The maximum atomic E-state index is 12.0. The van der Waals surface area contributed by atoms with Crippen LogP contribution in [-0.2, 0) is 0 Å². The van der Waals surface area contributed by atoms with E-state index in [0.717, 1.165) is 16.5 Å². The molecule has 2 amide bonds. The fraction of sp³-hybridized carbons (Fsp3) is 0.0667. The summed E-state index contributed by atoms with van der Waals surface area (Å²) in [6.45, 7) is 1.90. The largest absolute Gasteiger partial charge is 0.324 e. The zero-order chi connectivity index (χ0) is 14.8. The number of hydrogen-bond acceptors (Lipinski definition) is 2. The first-order chi connectivity index (χ1) is 10.1. The van der Waals surface area contributed by atoms with Gasteiger partial charge in [0, 0.05) is 16.1 Å². The Kier molecular flexibility index (Phi) is 3.50. The Bertz CT molecular complexity index is 812. The van der Waals surface area contributed by atoms with Crippen LogP contribution >= 0.6 is 11.6 Å². The minimum Gasteiger partial charge on any atom is -0.308 e. The van der Waals surface area contributed by atoms with Gasteiger partial charge in [0.25, 0.3) is 0 Å². The van der Waals surface area contributed by atoms with Gasteiger partial charge in [-0.2, -0.15) is 5.10 Å². The Morgan fingerprint density at radius 3 is 2.81 bits per heavy atom. The van der Waals surface area contributed by atoms with Crippen molar-refractivity contribution >= 4 is 40.0 Å². The number of fused-ring (bicyclic) bond motifs is 1. The van der Waals surface area contributed by atoms with Crippen LogP contribution < -0.4 is 10.6 Å². The summed E-state index contributed by atoms with van der Waals surface area (Å²) in [5.74, 6) is 0.487. The number of halogens is 1. The molecular formula is C15H13ClN4O. The van der Waals surface area contributed by atoms with Gasteiger partial charge in [0.2, 0.25) is 0 Å². The number of carbonyl (C=O) groups excluding carboxylic acids is 1. The molecular weight excluding hydrogens is 288 g/mol. The van der Waals surface area contributed by atoms with Crippen LogP contribution in [0.5, 0.6) is 0 Å². The Morgan fingerprint density at radius 1 is 1.19 bits per heavy atom. The summed E-state index contributed by atoms with van der Waals surface area (Å²) in [6.07, 6.45) is 0. The van der Waals surface area contributed by atoms with Crippen LogP contribution in [0.3, 0.4) is 0 Å². The highest BCUT2D eigenvalue weighted by molar-refractivity contribution is 6.31. The number of urea groups is 1. The first-order valence-corrected chi connectivity index (χ1v) is 6.78. The molecule has 106 valence electrons. The molecule has 1 heterocycles. The highest BCUT2D eigenvalue weighted by Gasteiger charge is 2.09. The number of para-hydroxylation sites is 1. The molecule has 0 bridgehead atoms. The number of aromatic nitrogens is 2. The van der Waals surface area contributed by atoms with Crippen molar-refractivity contribution in [2.24, 2.45) is 0 Å². The van der Waals surface area contributed by atoms with E-state index < -0.39 is 0 Å². The molecule has 0 aliphatic carbocycles. The van der Waals surface area contributed by atoms with E-state index in [1.807, 2.05) is 37.3 Å². The zero-order valence-corrected chi connectivity index (χ0v) is 12.0. The van der Waals surface area contributed by atoms with Crippen LogP contribution in [-0.4, -0.2) is 16.2 Å². The lowest BCUT2D eigenvalue weighted by atomic mass is 10.2. The van der Waals surface area contributed by atoms with Crippen LogP contribution in [0.2, 0.25) is 5.02 Å². The normalized spacial score (nSPS) is 10.6. The summed E-state index contributed by atoms with van der Waals surface area (Å²) in [7, 11) is 0. The molecule has 0 saturated heterocycles. The van der Waals surface area contributed by atoms with Gasteiger partial charge in [-0.25, -0.2) is 4.79 Å². The molecule has 21 heavy (non-hydrogen) atoms. The molecule has 3 N–H and O–H groups in total. The van der Waals surface area contributed by atoms with Crippen molar-refractivity contribution in [2.75, 3.05) is 10.6 Å². The molecule has 3 aromatic rings. The molecule has 0 radical (unpaired) electrons. The summed E-state index contributed by atoms with van der Waals surface area (Å²) in [4.78, 5) is 12.0. The SMILES string of the molecule is Cc1ccc(NC(=O)Nc2n[nH]c3ccccc23)cc1Cl. The monoisotopic (exact) mass is 300 g/mol. The number of anilines is 2. The van der Waals surface area contributed by atoms with Crippen molar-refractivity contribution in [1.82, 2.24) is 10.2 Å². The van der Waals surface area contributed by atoms with Gasteiger partial charge in [-0.15, -0.1) is 0 Å². The molecule has 5 nitrogen and oxygen atoms in total. The van der Waals surface area contributed by atoms with Gasteiger partial charge in [0.15, 0.2) is 5.82 Å². The maximum absolute atomic E-state index is 12.0. The second kappa shape index (κ2) is 5.46. The van der Waals surface area contributed by atoms with E-state index in [2.05, 4.69) is 20.8 Å². The number of H-pyrrole nitrogens is 1. The third-order valence-corrected chi connectivity index (χ3v) is 3.54. The molecule has 0 spiro atoms. The lowest BCUT2D eigenvalue weighted by molar-refractivity contribution is 0.262. The number of nitrogens with zero attached hydrogens (tertiary/aromatic N) is 1. The predicted octanol–water partition coefficient (Wildman–Crippen LogP) is 4.17. The number of carbonyl (C=O) groups is 1. The van der Waals surface area contributed by atoms with Gasteiger partial charge in [-0.1, -0.05) is 29.8 Å². The van der Waals surface area contributed by atoms with E-state index in [0.29, 0.717) is 16.5 Å². The van der Waals surface area contributed by atoms with Crippen molar-refractivity contribution in [3.05, 3.63) is 53.1 Å². The van der Waals surface area contributed by atoms with Gasteiger partial charge in [-0.3, -0.25) is 10.4 Å². The Morgan fingerprint density at radius 2 is 2.00 bits per heavy atom. The van der Waals surface area contributed by atoms with Crippen LogP contribution in [0.15, 0.2) is 42.5 Å². The quantitative estimate of drug-likeness (QED) is 0.665. The van der Waals surface area contributed by atoms with Gasteiger partial charge < -0.3 is 5.32 Å². The second-order valence-electron chi connectivity index (χ2n) is 4.66. The van der Waals surface area contributed by atoms with E-state index in [4.69, 9.17) is 11.6 Å². The molecule has 3 rings (SSSR count). The minimum absolute atomic E-state index is 0.368. The topological polar surface area (TPSA) is 69.8 Å². The van der Waals surface area contributed by atoms with Crippen LogP contribution in [0.1, 0.15) is 5.56 Å². The number of benzene rings is 2. The first kappa shape index (κ1) is 13.5. The summed E-state index contributed by atoms with van der Waals surface area (Å²) in [6, 6.07) is 12.6. The molecule has 2 aromatic carbocycles. The second-order valence-corrected chi connectivity index (χ2v) is 5.07. The summed E-state index contributed by atoms with van der Waals surface area (Å²) >= 11 is 6.03.